The van der Waals surface area contributed by atoms with Gasteiger partial charge in [-0.3, -0.25) is 4.79 Å². The lowest BCUT2D eigenvalue weighted by Crippen LogP contribution is -2.07. The second-order valence-corrected chi connectivity index (χ2v) is 3.95. The third kappa shape index (κ3) is 2.41. The van der Waals surface area contributed by atoms with Gasteiger partial charge in [0.25, 0.3) is 5.24 Å². The normalized spacial score (nSPS) is 11.6. The van der Waals surface area contributed by atoms with Gasteiger partial charge >= 0.3 is 6.18 Å². The molecule has 94 valence electrons. The molecule has 0 radical (unpaired) electrons. The molecule has 1 aromatic heterocycles. The topological polar surface area (TPSA) is 32.9 Å². The molecule has 1 N–H and O–H groups in total. The van der Waals surface area contributed by atoms with E-state index >= 15 is 0 Å². The van der Waals surface area contributed by atoms with Crippen LogP contribution in [0.25, 0.3) is 11.3 Å². The van der Waals surface area contributed by atoms with E-state index in [-0.39, 0.29) is 17.0 Å². The molecule has 1 heterocycles. The van der Waals surface area contributed by atoms with Crippen LogP contribution in [0.2, 0.25) is 0 Å². The highest BCUT2D eigenvalue weighted by Crippen LogP contribution is 2.36. The van der Waals surface area contributed by atoms with E-state index < -0.39 is 17.0 Å². The Labute approximate surface area is 105 Å². The van der Waals surface area contributed by atoms with Gasteiger partial charge in [0.1, 0.15) is 0 Å². The first kappa shape index (κ1) is 12.7. The van der Waals surface area contributed by atoms with Crippen molar-refractivity contribution in [2.24, 2.45) is 0 Å². The second-order valence-electron chi connectivity index (χ2n) is 3.60. The van der Waals surface area contributed by atoms with E-state index in [0.29, 0.717) is 0 Å². The Morgan fingerprint density at radius 3 is 2.33 bits per heavy atom. The predicted molar refractivity (Wildman–Crippen MR) is 61.4 cm³/mol. The van der Waals surface area contributed by atoms with Crippen molar-refractivity contribution >= 4 is 16.8 Å². The minimum Gasteiger partial charge on any atom is -0.351 e. The van der Waals surface area contributed by atoms with E-state index in [9.17, 15) is 18.0 Å². The zero-order valence-corrected chi connectivity index (χ0v) is 9.64. The average Bonchev–Trinajstić information content (AvgIpc) is 2.77. The van der Waals surface area contributed by atoms with E-state index in [1.54, 1.807) is 0 Å². The number of hydrogen-bond acceptors (Lipinski definition) is 1. The van der Waals surface area contributed by atoms with Crippen molar-refractivity contribution in [2.45, 2.75) is 6.18 Å². The van der Waals surface area contributed by atoms with E-state index in [1.807, 2.05) is 0 Å². The van der Waals surface area contributed by atoms with Gasteiger partial charge in [0.05, 0.1) is 11.3 Å². The Kier molecular flexibility index (Phi) is 3.17. The number of H-pyrrole nitrogens is 1. The number of aromatic amines is 1. The third-order valence-corrected chi connectivity index (χ3v) is 2.62. The number of alkyl halides is 3. The van der Waals surface area contributed by atoms with Crippen LogP contribution >= 0.6 is 11.6 Å². The van der Waals surface area contributed by atoms with Gasteiger partial charge in [-0.1, -0.05) is 18.2 Å². The molecular formula is C12H7ClF3NO. The number of carbonyl (C=O) groups is 1. The lowest BCUT2D eigenvalue weighted by Gasteiger charge is -2.11. The van der Waals surface area contributed by atoms with Crippen molar-refractivity contribution in [3.05, 3.63) is 47.7 Å². The lowest BCUT2D eigenvalue weighted by atomic mass is 10.0. The van der Waals surface area contributed by atoms with Crippen molar-refractivity contribution in [3.63, 3.8) is 0 Å². The molecule has 0 atom stereocenters. The van der Waals surface area contributed by atoms with Crippen LogP contribution in [0.5, 0.6) is 0 Å². The molecule has 0 aliphatic rings. The van der Waals surface area contributed by atoms with Crippen LogP contribution in [0.15, 0.2) is 36.4 Å². The molecule has 2 rings (SSSR count). The summed E-state index contributed by atoms with van der Waals surface area (Å²) in [5.74, 6) is 0. The molecule has 0 saturated carbocycles. The quantitative estimate of drug-likeness (QED) is 0.822. The standard InChI is InChI=1S/C12H7ClF3NO/c13-11(18)10-6-5-9(17-10)7-3-1-2-4-8(7)12(14,15)16/h1-6,17H. The van der Waals surface area contributed by atoms with Crippen LogP contribution in [0, 0.1) is 0 Å². The summed E-state index contributed by atoms with van der Waals surface area (Å²) in [6.45, 7) is 0. The minimum absolute atomic E-state index is 0.0193. The van der Waals surface area contributed by atoms with Crippen molar-refractivity contribution < 1.29 is 18.0 Å². The molecule has 6 heteroatoms. The summed E-state index contributed by atoms with van der Waals surface area (Å²) >= 11 is 5.24. The van der Waals surface area contributed by atoms with Crippen molar-refractivity contribution in [3.8, 4) is 11.3 Å². The van der Waals surface area contributed by atoms with Gasteiger partial charge in [-0.25, -0.2) is 0 Å². The number of carbonyl (C=O) groups excluding carboxylic acids is 1. The maximum atomic E-state index is 12.8. The van der Waals surface area contributed by atoms with Crippen LogP contribution in [0.4, 0.5) is 13.2 Å². The van der Waals surface area contributed by atoms with Gasteiger partial charge in [0.15, 0.2) is 0 Å². The number of halogens is 4. The molecule has 0 aliphatic carbocycles. The van der Waals surface area contributed by atoms with Gasteiger partial charge in [0.2, 0.25) is 0 Å². The summed E-state index contributed by atoms with van der Waals surface area (Å²) in [5, 5.41) is -0.745. The maximum Gasteiger partial charge on any atom is 0.417 e. The summed E-state index contributed by atoms with van der Waals surface area (Å²) in [7, 11) is 0. The first-order chi connectivity index (χ1) is 8.39. The Morgan fingerprint density at radius 2 is 1.78 bits per heavy atom. The van der Waals surface area contributed by atoms with Crippen LogP contribution in [0.1, 0.15) is 16.1 Å². The molecule has 0 saturated heterocycles. The molecule has 0 unspecified atom stereocenters. The van der Waals surface area contributed by atoms with Crippen LogP contribution in [0.3, 0.4) is 0 Å². The summed E-state index contributed by atoms with van der Waals surface area (Å²) in [5.41, 5.74) is -0.523. The molecule has 18 heavy (non-hydrogen) atoms. The molecule has 0 amide bonds. The van der Waals surface area contributed by atoms with Crippen molar-refractivity contribution in [1.29, 1.82) is 0 Å². The van der Waals surface area contributed by atoms with E-state index in [1.165, 1.54) is 30.3 Å². The van der Waals surface area contributed by atoms with Crippen LogP contribution in [-0.4, -0.2) is 10.2 Å². The molecular weight excluding hydrogens is 267 g/mol. The fourth-order valence-corrected chi connectivity index (χ4v) is 1.74. The highest BCUT2D eigenvalue weighted by molar-refractivity contribution is 6.67. The minimum atomic E-state index is -4.45. The predicted octanol–water partition coefficient (Wildman–Crippen LogP) is 4.08. The van der Waals surface area contributed by atoms with Crippen LogP contribution in [-0.2, 0) is 6.18 Å². The smallest absolute Gasteiger partial charge is 0.351 e. The Morgan fingerprint density at radius 1 is 1.11 bits per heavy atom. The molecule has 0 spiro atoms. The molecule has 2 nitrogen and oxygen atoms in total. The molecule has 0 bridgehead atoms. The first-order valence-corrected chi connectivity index (χ1v) is 5.33. The number of aromatic nitrogens is 1. The van der Waals surface area contributed by atoms with E-state index in [4.69, 9.17) is 11.6 Å². The van der Waals surface area contributed by atoms with Crippen molar-refractivity contribution in [2.75, 3.05) is 0 Å². The maximum absolute atomic E-state index is 12.8. The largest absolute Gasteiger partial charge is 0.417 e. The number of nitrogens with one attached hydrogen (secondary N) is 1. The van der Waals surface area contributed by atoms with Gasteiger partial charge in [-0.15, -0.1) is 0 Å². The Balaban J connectivity index is 2.53. The molecule has 2 aromatic rings. The van der Waals surface area contributed by atoms with Crippen LogP contribution < -0.4 is 0 Å². The number of hydrogen-bond donors (Lipinski definition) is 1. The average molecular weight is 274 g/mol. The van der Waals surface area contributed by atoms with Gasteiger partial charge in [0, 0.05) is 11.3 Å². The summed E-state index contributed by atoms with van der Waals surface area (Å²) in [4.78, 5) is 13.4. The van der Waals surface area contributed by atoms with Gasteiger partial charge in [-0.05, 0) is 29.8 Å². The zero-order chi connectivity index (χ0) is 13.3. The third-order valence-electron chi connectivity index (χ3n) is 2.42. The summed E-state index contributed by atoms with van der Waals surface area (Å²) in [6, 6.07) is 7.85. The van der Waals surface area contributed by atoms with Gasteiger partial charge in [-0.2, -0.15) is 13.2 Å². The SMILES string of the molecule is O=C(Cl)c1ccc(-c2ccccc2C(F)(F)F)[nH]1. The number of benzene rings is 1. The second kappa shape index (κ2) is 4.49. The summed E-state index contributed by atoms with van der Waals surface area (Å²) < 4.78 is 38.4. The van der Waals surface area contributed by atoms with E-state index in [0.717, 1.165) is 6.07 Å². The molecule has 0 aliphatic heterocycles. The highest BCUT2D eigenvalue weighted by Gasteiger charge is 2.33. The van der Waals surface area contributed by atoms with Crippen molar-refractivity contribution in [1.82, 2.24) is 4.98 Å². The highest BCUT2D eigenvalue weighted by atomic mass is 35.5. The molecule has 1 aromatic carbocycles. The fourth-order valence-electron chi connectivity index (χ4n) is 1.63. The number of rotatable bonds is 2. The Bertz CT molecular complexity index is 589. The van der Waals surface area contributed by atoms with E-state index in [2.05, 4.69) is 4.98 Å². The van der Waals surface area contributed by atoms with Gasteiger partial charge < -0.3 is 4.98 Å². The Hall–Kier alpha value is -1.75. The monoisotopic (exact) mass is 273 g/mol. The fraction of sp³-hybridized carbons (Fsp3) is 0.0833. The molecule has 0 fully saturated rings. The zero-order valence-electron chi connectivity index (χ0n) is 8.88. The lowest BCUT2D eigenvalue weighted by molar-refractivity contribution is -0.137. The first-order valence-electron chi connectivity index (χ1n) is 4.95. The summed E-state index contributed by atoms with van der Waals surface area (Å²) in [6.07, 6.45) is -4.45.